The number of hydrogen-bond acceptors (Lipinski definition) is 2. The van der Waals surface area contributed by atoms with Crippen LogP contribution in [-0.4, -0.2) is 10.1 Å². The fourth-order valence-electron chi connectivity index (χ4n) is 1.84. The normalized spacial score (nSPS) is 14.2. The smallest absolute Gasteiger partial charge is 0.137 e. The lowest BCUT2D eigenvalue weighted by Crippen LogP contribution is -2.24. The van der Waals surface area contributed by atoms with E-state index in [2.05, 4.69) is 20.9 Å². The SMILES string of the molecule is CC(O)(Cc1cccc(F)c1Br)c1cccnc1. The molecule has 0 aliphatic carbocycles. The van der Waals surface area contributed by atoms with Crippen molar-refractivity contribution < 1.29 is 9.50 Å². The summed E-state index contributed by atoms with van der Waals surface area (Å²) in [6.07, 6.45) is 3.59. The predicted octanol–water partition coefficient (Wildman–Crippen LogP) is 3.43. The van der Waals surface area contributed by atoms with Gasteiger partial charge >= 0.3 is 0 Å². The molecule has 0 saturated heterocycles. The molecule has 2 rings (SSSR count). The van der Waals surface area contributed by atoms with Crippen molar-refractivity contribution in [2.75, 3.05) is 0 Å². The zero-order valence-electron chi connectivity index (χ0n) is 9.90. The summed E-state index contributed by atoms with van der Waals surface area (Å²) in [6, 6.07) is 8.38. The Bertz CT molecular complexity index is 543. The van der Waals surface area contributed by atoms with Crippen molar-refractivity contribution in [3.63, 3.8) is 0 Å². The second-order valence-electron chi connectivity index (χ2n) is 4.41. The minimum Gasteiger partial charge on any atom is -0.385 e. The highest BCUT2D eigenvalue weighted by Crippen LogP contribution is 2.29. The summed E-state index contributed by atoms with van der Waals surface area (Å²) in [5.74, 6) is -0.325. The van der Waals surface area contributed by atoms with Gasteiger partial charge in [0.15, 0.2) is 0 Å². The van der Waals surface area contributed by atoms with Crippen LogP contribution in [0.5, 0.6) is 0 Å². The zero-order chi connectivity index (χ0) is 13.2. The Morgan fingerprint density at radius 1 is 1.33 bits per heavy atom. The van der Waals surface area contributed by atoms with Crippen LogP contribution in [0.3, 0.4) is 0 Å². The Balaban J connectivity index is 2.31. The highest BCUT2D eigenvalue weighted by molar-refractivity contribution is 9.10. The van der Waals surface area contributed by atoms with E-state index in [4.69, 9.17) is 0 Å². The second kappa shape index (κ2) is 5.16. The molecule has 0 spiro atoms. The number of aliphatic hydroxyl groups is 1. The number of hydrogen-bond donors (Lipinski definition) is 1. The van der Waals surface area contributed by atoms with Gasteiger partial charge in [0.1, 0.15) is 5.82 Å². The van der Waals surface area contributed by atoms with Crippen molar-refractivity contribution in [2.45, 2.75) is 18.9 Å². The van der Waals surface area contributed by atoms with Gasteiger partial charge in [0.05, 0.1) is 10.1 Å². The molecule has 0 fully saturated rings. The molecule has 2 nitrogen and oxygen atoms in total. The lowest BCUT2D eigenvalue weighted by molar-refractivity contribution is 0.0570. The standard InChI is InChI=1S/C14H13BrFNO/c1-14(18,11-5-3-7-17-9-11)8-10-4-2-6-12(16)13(10)15/h2-7,9,18H,8H2,1H3. The van der Waals surface area contributed by atoms with Crippen molar-refractivity contribution in [3.8, 4) is 0 Å². The van der Waals surface area contributed by atoms with Crippen molar-refractivity contribution >= 4 is 15.9 Å². The first-order chi connectivity index (χ1) is 8.50. The third-order valence-corrected chi connectivity index (χ3v) is 3.74. The molecule has 0 saturated carbocycles. The maximum Gasteiger partial charge on any atom is 0.137 e. The number of aromatic nitrogens is 1. The second-order valence-corrected chi connectivity index (χ2v) is 5.20. The monoisotopic (exact) mass is 309 g/mol. The van der Waals surface area contributed by atoms with Gasteiger partial charge in [0.25, 0.3) is 0 Å². The number of benzene rings is 1. The fraction of sp³-hybridized carbons (Fsp3) is 0.214. The van der Waals surface area contributed by atoms with Crippen LogP contribution in [0, 0.1) is 5.82 Å². The summed E-state index contributed by atoms with van der Waals surface area (Å²) in [4.78, 5) is 3.99. The number of rotatable bonds is 3. The molecule has 0 aliphatic rings. The Morgan fingerprint density at radius 2 is 2.11 bits per heavy atom. The van der Waals surface area contributed by atoms with Crippen molar-refractivity contribution in [2.24, 2.45) is 0 Å². The largest absolute Gasteiger partial charge is 0.385 e. The Morgan fingerprint density at radius 3 is 2.78 bits per heavy atom. The van der Waals surface area contributed by atoms with E-state index in [1.165, 1.54) is 6.07 Å². The van der Waals surface area contributed by atoms with Gasteiger partial charge in [-0.05, 0) is 40.5 Å². The van der Waals surface area contributed by atoms with Gasteiger partial charge < -0.3 is 5.11 Å². The van der Waals surface area contributed by atoms with Gasteiger partial charge in [-0.25, -0.2) is 4.39 Å². The van der Waals surface area contributed by atoms with Crippen molar-refractivity contribution in [3.05, 3.63) is 64.1 Å². The minimum absolute atomic E-state index is 0.317. The molecule has 1 atom stereocenters. The average molecular weight is 310 g/mol. The maximum absolute atomic E-state index is 13.4. The molecule has 0 bridgehead atoms. The third-order valence-electron chi connectivity index (χ3n) is 2.85. The van der Waals surface area contributed by atoms with E-state index in [9.17, 15) is 9.50 Å². The molecule has 1 unspecified atom stereocenters. The molecule has 0 radical (unpaired) electrons. The van der Waals surface area contributed by atoms with E-state index >= 15 is 0 Å². The summed E-state index contributed by atoms with van der Waals surface area (Å²) in [6.45, 7) is 1.70. The average Bonchev–Trinajstić information content (AvgIpc) is 2.36. The van der Waals surface area contributed by atoms with Crippen molar-refractivity contribution in [1.82, 2.24) is 4.98 Å². The number of pyridine rings is 1. The van der Waals surface area contributed by atoms with Gasteiger partial charge in [-0.2, -0.15) is 0 Å². The molecule has 1 aromatic heterocycles. The van der Waals surface area contributed by atoms with Crippen LogP contribution in [0.25, 0.3) is 0 Å². The van der Waals surface area contributed by atoms with Gasteiger partial charge in [-0.3, -0.25) is 4.98 Å². The molecule has 1 heterocycles. The summed E-state index contributed by atoms with van der Waals surface area (Å²) < 4.78 is 13.8. The van der Waals surface area contributed by atoms with Crippen LogP contribution < -0.4 is 0 Å². The van der Waals surface area contributed by atoms with E-state index in [0.717, 1.165) is 5.56 Å². The molecular weight excluding hydrogens is 297 g/mol. The Hall–Kier alpha value is -1.26. The van der Waals surface area contributed by atoms with Crippen LogP contribution in [0.15, 0.2) is 47.2 Å². The van der Waals surface area contributed by atoms with E-state index in [1.807, 2.05) is 0 Å². The van der Waals surface area contributed by atoms with Crippen molar-refractivity contribution in [1.29, 1.82) is 0 Å². The van der Waals surface area contributed by atoms with Gasteiger partial charge in [-0.15, -0.1) is 0 Å². The predicted molar refractivity (Wildman–Crippen MR) is 71.6 cm³/mol. The molecule has 94 valence electrons. The highest BCUT2D eigenvalue weighted by Gasteiger charge is 2.25. The Labute approximate surface area is 114 Å². The first-order valence-corrected chi connectivity index (χ1v) is 6.36. The minimum atomic E-state index is -1.08. The molecular formula is C14H13BrFNO. The fourth-order valence-corrected chi connectivity index (χ4v) is 2.24. The van der Waals surface area contributed by atoms with E-state index < -0.39 is 5.60 Å². The van der Waals surface area contributed by atoms with Crippen LogP contribution >= 0.6 is 15.9 Å². The molecule has 0 amide bonds. The molecule has 0 aliphatic heterocycles. The number of halogens is 2. The van der Waals surface area contributed by atoms with E-state index in [1.54, 1.807) is 43.6 Å². The lowest BCUT2D eigenvalue weighted by atomic mass is 9.90. The summed E-state index contributed by atoms with van der Waals surface area (Å²) in [5, 5.41) is 10.5. The molecule has 4 heteroatoms. The van der Waals surface area contributed by atoms with E-state index in [-0.39, 0.29) is 5.82 Å². The maximum atomic E-state index is 13.4. The summed E-state index contributed by atoms with van der Waals surface area (Å²) in [7, 11) is 0. The van der Waals surface area contributed by atoms with Gasteiger partial charge in [-0.1, -0.05) is 18.2 Å². The summed E-state index contributed by atoms with van der Waals surface area (Å²) in [5.41, 5.74) is 0.356. The first kappa shape index (κ1) is 13.2. The van der Waals surface area contributed by atoms with E-state index in [0.29, 0.717) is 16.5 Å². The lowest BCUT2D eigenvalue weighted by Gasteiger charge is -2.24. The molecule has 1 aromatic carbocycles. The zero-order valence-corrected chi connectivity index (χ0v) is 11.5. The van der Waals surface area contributed by atoms with Gasteiger partial charge in [0.2, 0.25) is 0 Å². The topological polar surface area (TPSA) is 33.1 Å². The van der Waals surface area contributed by atoms with Crippen LogP contribution in [0.2, 0.25) is 0 Å². The molecule has 18 heavy (non-hydrogen) atoms. The Kier molecular flexibility index (Phi) is 3.78. The number of nitrogens with zero attached hydrogens (tertiary/aromatic N) is 1. The van der Waals surface area contributed by atoms with Crippen LogP contribution in [0.4, 0.5) is 4.39 Å². The quantitative estimate of drug-likeness (QED) is 0.942. The molecule has 2 aromatic rings. The van der Waals surface area contributed by atoms with Crippen LogP contribution in [-0.2, 0) is 12.0 Å². The molecule has 1 N–H and O–H groups in total. The first-order valence-electron chi connectivity index (χ1n) is 5.56. The highest BCUT2D eigenvalue weighted by atomic mass is 79.9. The summed E-state index contributed by atoms with van der Waals surface area (Å²) >= 11 is 3.20. The van der Waals surface area contributed by atoms with Crippen LogP contribution in [0.1, 0.15) is 18.1 Å². The van der Waals surface area contributed by atoms with Gasteiger partial charge in [0, 0.05) is 24.4 Å². The third kappa shape index (κ3) is 2.76.